The van der Waals surface area contributed by atoms with E-state index in [2.05, 4.69) is 43.1 Å². The lowest BCUT2D eigenvalue weighted by molar-refractivity contribution is 0.305. The molecule has 3 heteroatoms. The molecule has 0 aromatic heterocycles. The van der Waals surface area contributed by atoms with Gasteiger partial charge in [-0.05, 0) is 37.2 Å². The van der Waals surface area contributed by atoms with Crippen molar-refractivity contribution in [2.75, 3.05) is 20.7 Å². The van der Waals surface area contributed by atoms with Crippen molar-refractivity contribution in [3.63, 3.8) is 0 Å². The lowest BCUT2D eigenvalue weighted by atomic mass is 10.1. The number of methoxy groups -OCH3 is 1. The fourth-order valence-electron chi connectivity index (χ4n) is 2.48. The number of hydrogen-bond donors (Lipinski definition) is 1. The average Bonchev–Trinajstić information content (AvgIpc) is 2.47. The first kappa shape index (κ1) is 15.5. The topological polar surface area (TPSA) is 38.5 Å². The number of rotatable bonds is 6. The van der Waals surface area contributed by atoms with Gasteiger partial charge in [-0.15, -0.1) is 0 Å². The van der Waals surface area contributed by atoms with E-state index in [4.69, 9.17) is 10.5 Å². The molecule has 21 heavy (non-hydrogen) atoms. The summed E-state index contributed by atoms with van der Waals surface area (Å²) in [6, 6.07) is 16.6. The number of nitrogens with zero attached hydrogens (tertiary/aromatic N) is 1. The van der Waals surface area contributed by atoms with Crippen LogP contribution >= 0.6 is 0 Å². The van der Waals surface area contributed by atoms with E-state index in [9.17, 15) is 0 Å². The minimum Gasteiger partial charge on any atom is -0.497 e. The Hall–Kier alpha value is -1.84. The van der Waals surface area contributed by atoms with Gasteiger partial charge in [0.15, 0.2) is 0 Å². The van der Waals surface area contributed by atoms with E-state index in [1.807, 2.05) is 24.3 Å². The SMILES string of the molecule is COc1ccc(C(N)CN(C)Cc2cccc(C)c2)cc1. The Labute approximate surface area is 127 Å². The minimum atomic E-state index is 0.00529. The third-order valence-corrected chi connectivity index (χ3v) is 3.59. The molecule has 0 bridgehead atoms. The number of hydrogen-bond acceptors (Lipinski definition) is 3. The molecule has 0 saturated carbocycles. The predicted octanol–water partition coefficient (Wildman–Crippen LogP) is 3.14. The number of benzene rings is 2. The van der Waals surface area contributed by atoms with Crippen molar-refractivity contribution in [3.05, 3.63) is 65.2 Å². The Morgan fingerprint density at radius 1 is 1.14 bits per heavy atom. The Morgan fingerprint density at radius 3 is 2.48 bits per heavy atom. The molecule has 2 rings (SSSR count). The maximum absolute atomic E-state index is 6.29. The van der Waals surface area contributed by atoms with Crippen LogP contribution in [0, 0.1) is 6.92 Å². The third-order valence-electron chi connectivity index (χ3n) is 3.59. The number of ether oxygens (including phenoxy) is 1. The van der Waals surface area contributed by atoms with Crippen LogP contribution in [0.2, 0.25) is 0 Å². The summed E-state index contributed by atoms with van der Waals surface area (Å²) in [5, 5.41) is 0. The molecular formula is C18H24N2O. The molecule has 0 aliphatic rings. The molecule has 3 nitrogen and oxygen atoms in total. The standard InChI is InChI=1S/C18H24N2O/c1-14-5-4-6-15(11-14)12-20(2)13-18(19)16-7-9-17(21-3)10-8-16/h4-11,18H,12-13,19H2,1-3H3. The summed E-state index contributed by atoms with van der Waals surface area (Å²) in [5.41, 5.74) is 10.0. The summed E-state index contributed by atoms with van der Waals surface area (Å²) in [6.07, 6.45) is 0. The van der Waals surface area contributed by atoms with E-state index in [0.29, 0.717) is 0 Å². The molecular weight excluding hydrogens is 260 g/mol. The second-order valence-electron chi connectivity index (χ2n) is 5.57. The highest BCUT2D eigenvalue weighted by atomic mass is 16.5. The van der Waals surface area contributed by atoms with Crippen LogP contribution in [0.1, 0.15) is 22.7 Å². The first-order valence-corrected chi connectivity index (χ1v) is 7.22. The first-order chi connectivity index (χ1) is 10.1. The number of aryl methyl sites for hydroxylation is 1. The molecule has 0 radical (unpaired) electrons. The quantitative estimate of drug-likeness (QED) is 0.885. The monoisotopic (exact) mass is 284 g/mol. The molecule has 1 unspecified atom stereocenters. The van der Waals surface area contributed by atoms with Gasteiger partial charge in [-0.3, -0.25) is 0 Å². The summed E-state index contributed by atoms with van der Waals surface area (Å²) >= 11 is 0. The second-order valence-corrected chi connectivity index (χ2v) is 5.57. The first-order valence-electron chi connectivity index (χ1n) is 7.22. The fourth-order valence-corrected chi connectivity index (χ4v) is 2.48. The molecule has 1 atom stereocenters. The van der Waals surface area contributed by atoms with Crippen molar-refractivity contribution < 1.29 is 4.74 Å². The van der Waals surface area contributed by atoms with E-state index < -0.39 is 0 Å². The zero-order valence-electron chi connectivity index (χ0n) is 13.0. The van der Waals surface area contributed by atoms with Gasteiger partial charge in [0.25, 0.3) is 0 Å². The van der Waals surface area contributed by atoms with Gasteiger partial charge in [-0.2, -0.15) is 0 Å². The summed E-state index contributed by atoms with van der Waals surface area (Å²) in [4.78, 5) is 2.25. The van der Waals surface area contributed by atoms with Crippen LogP contribution in [0.15, 0.2) is 48.5 Å². The van der Waals surface area contributed by atoms with Crippen molar-refractivity contribution in [2.45, 2.75) is 19.5 Å². The van der Waals surface area contributed by atoms with Crippen LogP contribution in [0.3, 0.4) is 0 Å². The van der Waals surface area contributed by atoms with Crippen LogP contribution in [0.4, 0.5) is 0 Å². The Balaban J connectivity index is 1.93. The normalized spacial score (nSPS) is 12.4. The van der Waals surface area contributed by atoms with E-state index in [1.54, 1.807) is 7.11 Å². The van der Waals surface area contributed by atoms with Crippen LogP contribution in [-0.2, 0) is 6.54 Å². The molecule has 112 valence electrons. The van der Waals surface area contributed by atoms with Gasteiger partial charge >= 0.3 is 0 Å². The zero-order chi connectivity index (χ0) is 15.2. The van der Waals surface area contributed by atoms with Gasteiger partial charge < -0.3 is 15.4 Å². The summed E-state index contributed by atoms with van der Waals surface area (Å²) in [7, 11) is 3.77. The highest BCUT2D eigenvalue weighted by Crippen LogP contribution is 2.17. The maximum atomic E-state index is 6.29. The average molecular weight is 284 g/mol. The van der Waals surface area contributed by atoms with Crippen LogP contribution < -0.4 is 10.5 Å². The highest BCUT2D eigenvalue weighted by molar-refractivity contribution is 5.29. The number of nitrogens with two attached hydrogens (primary N) is 1. The highest BCUT2D eigenvalue weighted by Gasteiger charge is 2.10. The lowest BCUT2D eigenvalue weighted by Crippen LogP contribution is -2.28. The largest absolute Gasteiger partial charge is 0.497 e. The molecule has 2 aromatic rings. The molecule has 0 aliphatic heterocycles. The Morgan fingerprint density at radius 2 is 1.86 bits per heavy atom. The van der Waals surface area contributed by atoms with E-state index in [1.165, 1.54) is 11.1 Å². The van der Waals surface area contributed by atoms with E-state index in [-0.39, 0.29) is 6.04 Å². The van der Waals surface area contributed by atoms with Crippen LogP contribution in [-0.4, -0.2) is 25.6 Å². The van der Waals surface area contributed by atoms with E-state index in [0.717, 1.165) is 24.4 Å². The van der Waals surface area contributed by atoms with Gasteiger partial charge in [0.05, 0.1) is 7.11 Å². The Bertz CT molecular complexity index is 566. The lowest BCUT2D eigenvalue weighted by Gasteiger charge is -2.22. The third kappa shape index (κ3) is 4.59. The zero-order valence-corrected chi connectivity index (χ0v) is 13.0. The molecule has 2 aromatic carbocycles. The van der Waals surface area contributed by atoms with Crippen molar-refractivity contribution in [1.29, 1.82) is 0 Å². The molecule has 0 saturated heterocycles. The van der Waals surface area contributed by atoms with Gasteiger partial charge in [-0.25, -0.2) is 0 Å². The van der Waals surface area contributed by atoms with Gasteiger partial charge in [0.1, 0.15) is 5.75 Å². The molecule has 0 fully saturated rings. The van der Waals surface area contributed by atoms with Gasteiger partial charge in [0.2, 0.25) is 0 Å². The molecule has 0 heterocycles. The summed E-state index contributed by atoms with van der Waals surface area (Å²) in [6.45, 7) is 3.85. The molecule has 2 N–H and O–H groups in total. The smallest absolute Gasteiger partial charge is 0.118 e. The van der Waals surface area contributed by atoms with Crippen molar-refractivity contribution in [1.82, 2.24) is 4.90 Å². The van der Waals surface area contributed by atoms with Gasteiger partial charge in [0, 0.05) is 19.1 Å². The Kier molecular flexibility index (Phi) is 5.37. The molecule has 0 aliphatic carbocycles. The van der Waals surface area contributed by atoms with Crippen molar-refractivity contribution in [2.24, 2.45) is 5.73 Å². The van der Waals surface area contributed by atoms with E-state index >= 15 is 0 Å². The second kappa shape index (κ2) is 7.25. The summed E-state index contributed by atoms with van der Waals surface area (Å²) in [5.74, 6) is 0.860. The molecule has 0 amide bonds. The minimum absolute atomic E-state index is 0.00529. The van der Waals surface area contributed by atoms with Crippen molar-refractivity contribution >= 4 is 0 Å². The van der Waals surface area contributed by atoms with Crippen LogP contribution in [0.25, 0.3) is 0 Å². The van der Waals surface area contributed by atoms with Crippen molar-refractivity contribution in [3.8, 4) is 5.75 Å². The van der Waals surface area contributed by atoms with Crippen LogP contribution in [0.5, 0.6) is 5.75 Å². The maximum Gasteiger partial charge on any atom is 0.118 e. The summed E-state index contributed by atoms with van der Waals surface area (Å²) < 4.78 is 5.17. The van der Waals surface area contributed by atoms with Gasteiger partial charge in [-0.1, -0.05) is 42.0 Å². The number of likely N-dealkylation sites (N-methyl/N-ethyl adjacent to an activating group) is 1. The molecule has 0 spiro atoms. The fraction of sp³-hybridized carbons (Fsp3) is 0.333. The predicted molar refractivity (Wildman–Crippen MR) is 87.4 cm³/mol.